The molecule has 47 heavy (non-hydrogen) atoms. The van der Waals surface area contributed by atoms with Crippen molar-refractivity contribution in [1.29, 1.82) is 0 Å². The topological polar surface area (TPSA) is 152 Å². The van der Waals surface area contributed by atoms with Gasteiger partial charge in [-0.15, -0.1) is 0 Å². The number of ether oxygens (including phenoxy) is 1. The fourth-order valence-electron chi connectivity index (χ4n) is 7.15. The minimum absolute atomic E-state index is 0.0474. The third-order valence-corrected chi connectivity index (χ3v) is 9.33. The predicted octanol–water partition coefficient (Wildman–Crippen LogP) is 5.04. The average molecular weight is 657 g/mol. The Labute approximate surface area is 263 Å². The quantitative estimate of drug-likeness (QED) is 0.178. The van der Waals surface area contributed by atoms with Crippen LogP contribution in [0.3, 0.4) is 0 Å². The van der Waals surface area contributed by atoms with Gasteiger partial charge in [-0.2, -0.15) is 28.2 Å². The maximum absolute atomic E-state index is 16.7. The molecule has 0 saturated carbocycles. The molecule has 6 N–H and O–H groups in total. The molecule has 1 atom stereocenters. The van der Waals surface area contributed by atoms with Crippen LogP contribution in [-0.4, -0.2) is 55.3 Å². The minimum atomic E-state index is -4.90. The zero-order chi connectivity index (χ0) is 33.2. The van der Waals surface area contributed by atoms with Gasteiger partial charge in [0.2, 0.25) is 0 Å². The number of H-pyrrole nitrogens is 3. The lowest BCUT2D eigenvalue weighted by atomic mass is 9.94. The van der Waals surface area contributed by atoms with E-state index in [0.29, 0.717) is 0 Å². The van der Waals surface area contributed by atoms with Gasteiger partial charge in [0.1, 0.15) is 29.5 Å². The van der Waals surface area contributed by atoms with E-state index < -0.39 is 51.7 Å². The first-order chi connectivity index (χ1) is 22.4. The summed E-state index contributed by atoms with van der Waals surface area (Å²) < 4.78 is 80.4. The van der Waals surface area contributed by atoms with Crippen molar-refractivity contribution < 1.29 is 31.7 Å². The predicted molar refractivity (Wildman–Crippen MR) is 163 cm³/mol. The number of hydrogen-bond acceptors (Lipinski definition) is 8. The number of nitrogens with zero attached hydrogens (tertiary/aromatic N) is 4. The first kappa shape index (κ1) is 30.8. The molecule has 16 heteroatoms. The van der Waals surface area contributed by atoms with E-state index in [2.05, 4.69) is 40.3 Å². The van der Waals surface area contributed by atoms with Crippen LogP contribution in [0.2, 0.25) is 0 Å². The highest BCUT2D eigenvalue weighted by Gasteiger charge is 2.45. The number of aryl methyl sites for hydroxylation is 1. The number of fused-ring (bicyclic) bond motifs is 3. The lowest BCUT2D eigenvalue weighted by molar-refractivity contribution is -0.364. The molecule has 0 bridgehead atoms. The molecule has 0 amide bonds. The largest absolute Gasteiger partial charge is 0.461 e. The number of nitrogen functional groups attached to an aromatic ring is 1. The molecule has 0 radical (unpaired) electrons. The first-order valence-electron chi connectivity index (χ1n) is 15.1. The van der Waals surface area contributed by atoms with Gasteiger partial charge in [0.05, 0.1) is 40.1 Å². The van der Waals surface area contributed by atoms with Gasteiger partial charge in [-0.1, -0.05) is 0 Å². The number of nitrogens with two attached hydrogens (primary N) is 1. The van der Waals surface area contributed by atoms with E-state index in [1.54, 1.807) is 6.92 Å². The number of anilines is 2. The number of benzene rings is 1. The number of halogens is 5. The number of alkyl halides is 3. The number of aromatic nitrogens is 6. The summed E-state index contributed by atoms with van der Waals surface area (Å²) in [5, 5.41) is 9.04. The number of hydrogen-bond donors (Lipinski definition) is 4. The Bertz CT molecular complexity index is 2080. The van der Waals surface area contributed by atoms with Crippen molar-refractivity contribution in [2.45, 2.75) is 57.3 Å². The number of pyridine rings is 2. The fraction of sp³-hybridized carbons (Fsp3) is 0.387. The van der Waals surface area contributed by atoms with Crippen molar-refractivity contribution in [3.8, 4) is 17.3 Å². The van der Waals surface area contributed by atoms with E-state index in [-0.39, 0.29) is 57.2 Å². The Morgan fingerprint density at radius 3 is 2.66 bits per heavy atom. The molecule has 0 unspecified atom stereocenters. The molecule has 7 rings (SSSR count). The summed E-state index contributed by atoms with van der Waals surface area (Å²) in [5.41, 5.74) is 2.16. The third-order valence-electron chi connectivity index (χ3n) is 9.33. The molecule has 5 aromatic rings. The summed E-state index contributed by atoms with van der Waals surface area (Å²) >= 11 is 0. The van der Waals surface area contributed by atoms with Crippen LogP contribution in [0.25, 0.3) is 33.1 Å². The molecule has 0 aliphatic carbocycles. The molecule has 6 heterocycles. The fourth-order valence-corrected chi connectivity index (χ4v) is 7.15. The average Bonchev–Trinajstić information content (AvgIpc) is 3.74. The lowest BCUT2D eigenvalue weighted by Crippen LogP contribution is -2.43. The monoisotopic (exact) mass is 656 g/mol. The van der Waals surface area contributed by atoms with Gasteiger partial charge in [-0.05, 0) is 70.3 Å². The maximum Gasteiger partial charge on any atom is 0.417 e. The molecule has 246 valence electrons. The van der Waals surface area contributed by atoms with Crippen molar-refractivity contribution in [1.82, 2.24) is 30.0 Å². The number of nitrogens with one attached hydrogen (secondary N) is 4. The lowest BCUT2D eigenvalue weighted by Gasteiger charge is -2.31. The van der Waals surface area contributed by atoms with Crippen LogP contribution in [0.15, 0.2) is 29.3 Å². The standard InChI is InChI=1S/C31H30F5N9O2/c1-14-9-19-18(12-39-44-19)20(22(14)31(34,35)36)24-23(33)25-21(28(46)41-24)27(40-15(2)17-10-16(32)11-38-26(17)37)43-29(42-25)47-13-30-5-3-7-45(30)8-4-6-30/h9-12,15H,3-8,13H2,1-2H3,(H2,37,38)(H,39,44)(H,41,46)(H,40,42,43)/p+1/t15-/m1/s1. The summed E-state index contributed by atoms with van der Waals surface area (Å²) in [5.74, 6) is -1.86. The van der Waals surface area contributed by atoms with E-state index in [1.807, 2.05) is 0 Å². The third kappa shape index (κ3) is 5.20. The van der Waals surface area contributed by atoms with Gasteiger partial charge in [-0.25, -0.2) is 13.8 Å². The van der Waals surface area contributed by atoms with Crippen molar-refractivity contribution in [2.24, 2.45) is 0 Å². The van der Waals surface area contributed by atoms with Gasteiger partial charge in [0.25, 0.3) is 11.4 Å². The zero-order valence-electron chi connectivity index (χ0n) is 25.4. The second kappa shape index (κ2) is 11.1. The summed E-state index contributed by atoms with van der Waals surface area (Å²) in [4.78, 5) is 29.7. The van der Waals surface area contributed by atoms with Gasteiger partial charge >= 0.3 is 12.2 Å². The molecule has 2 aliphatic rings. The van der Waals surface area contributed by atoms with Crippen LogP contribution in [0.5, 0.6) is 6.01 Å². The van der Waals surface area contributed by atoms with E-state index in [1.165, 1.54) is 19.1 Å². The summed E-state index contributed by atoms with van der Waals surface area (Å²) in [7, 11) is 0. The van der Waals surface area contributed by atoms with Crippen LogP contribution in [0.4, 0.5) is 33.6 Å². The van der Waals surface area contributed by atoms with Gasteiger partial charge in [0.15, 0.2) is 11.6 Å². The highest BCUT2D eigenvalue weighted by molar-refractivity contribution is 5.99. The molecule has 1 aromatic carbocycles. The van der Waals surface area contributed by atoms with Gasteiger partial charge in [0, 0.05) is 10.9 Å². The van der Waals surface area contributed by atoms with Crippen LogP contribution in [0.1, 0.15) is 55.3 Å². The molecule has 0 spiro atoms. The normalized spacial score (nSPS) is 17.0. The Morgan fingerprint density at radius 1 is 1.19 bits per heavy atom. The molecule has 2 saturated heterocycles. The second-order valence-corrected chi connectivity index (χ2v) is 12.3. The maximum atomic E-state index is 16.7. The zero-order valence-corrected chi connectivity index (χ0v) is 25.4. The van der Waals surface area contributed by atoms with Crippen LogP contribution in [0, 0.1) is 18.6 Å². The van der Waals surface area contributed by atoms with Crippen molar-refractivity contribution in [3.63, 3.8) is 0 Å². The Balaban J connectivity index is 1.42. The summed E-state index contributed by atoms with van der Waals surface area (Å²) in [6.45, 7) is 4.91. The van der Waals surface area contributed by atoms with Crippen molar-refractivity contribution in [3.05, 3.63) is 63.2 Å². The number of rotatable bonds is 7. The highest BCUT2D eigenvalue weighted by atomic mass is 19.4. The molecule has 4 aromatic heterocycles. The smallest absolute Gasteiger partial charge is 0.417 e. The first-order valence-corrected chi connectivity index (χ1v) is 15.1. The van der Waals surface area contributed by atoms with Crippen LogP contribution < -0.4 is 26.3 Å². The summed E-state index contributed by atoms with van der Waals surface area (Å²) in [6.07, 6.45) is 1.08. The molecular weight excluding hydrogens is 625 g/mol. The Kier molecular flexibility index (Phi) is 7.29. The second-order valence-electron chi connectivity index (χ2n) is 12.3. The Morgan fingerprint density at radius 2 is 1.94 bits per heavy atom. The summed E-state index contributed by atoms with van der Waals surface area (Å²) in [6, 6.07) is 1.40. The van der Waals surface area contributed by atoms with E-state index in [9.17, 15) is 22.4 Å². The van der Waals surface area contributed by atoms with E-state index in [4.69, 9.17) is 10.5 Å². The van der Waals surface area contributed by atoms with E-state index >= 15 is 4.39 Å². The van der Waals surface area contributed by atoms with Crippen LogP contribution in [-0.2, 0) is 6.18 Å². The van der Waals surface area contributed by atoms with Crippen LogP contribution >= 0.6 is 0 Å². The van der Waals surface area contributed by atoms with Crippen molar-refractivity contribution in [2.75, 3.05) is 30.7 Å². The molecule has 11 nitrogen and oxygen atoms in total. The van der Waals surface area contributed by atoms with Gasteiger partial charge < -0.3 is 15.0 Å². The molecule has 2 aliphatic heterocycles. The van der Waals surface area contributed by atoms with Gasteiger partial charge in [-0.3, -0.25) is 20.5 Å². The SMILES string of the molecule is Cc1cc2[nH]ncc2c(-c2[nH]c(=O)c3c(N[C@H](C)c4cc(F)c[nH+]c4N)nc(OCC45CCCN4CCC5)nc3c2F)c1C(F)(F)F. The molecule has 2 fully saturated rings. The number of aromatic amines is 3. The minimum Gasteiger partial charge on any atom is -0.461 e. The van der Waals surface area contributed by atoms with E-state index in [0.717, 1.165) is 51.2 Å². The van der Waals surface area contributed by atoms with Crippen molar-refractivity contribution >= 4 is 33.4 Å². The highest BCUT2D eigenvalue weighted by Crippen LogP contribution is 2.44. The Hall–Kier alpha value is -4.86. The molecular formula is C31H31F5N9O2+.